The molecule has 1 saturated heterocycles. The molecule has 1 aromatic rings. The minimum atomic E-state index is -0.283. The number of hydrogen-bond donors (Lipinski definition) is 2. The van der Waals surface area contributed by atoms with Crippen LogP contribution in [0, 0.1) is 0 Å². The molecule has 1 fully saturated rings. The van der Waals surface area contributed by atoms with Crippen molar-refractivity contribution >= 4 is 17.6 Å². The average Bonchev–Trinajstić information content (AvgIpc) is 2.68. The zero-order valence-corrected chi connectivity index (χ0v) is 9.98. The van der Waals surface area contributed by atoms with Crippen molar-refractivity contribution in [2.75, 3.05) is 12.3 Å². The number of nitrogens with one attached hydrogen (secondary N) is 1. The lowest BCUT2D eigenvalue weighted by Crippen LogP contribution is -2.36. The van der Waals surface area contributed by atoms with Crippen LogP contribution in [0.5, 0.6) is 0 Å². The van der Waals surface area contributed by atoms with Crippen LogP contribution in [0.15, 0.2) is 18.2 Å². The van der Waals surface area contributed by atoms with Crippen LogP contribution in [0.25, 0.3) is 0 Å². The van der Waals surface area contributed by atoms with Gasteiger partial charge in [-0.15, -0.1) is 0 Å². The molecule has 94 valence electrons. The molecule has 0 aromatic heterocycles. The molecule has 0 bridgehead atoms. The molecule has 1 unspecified atom stereocenters. The third-order valence-electron chi connectivity index (χ3n) is 3.64. The summed E-state index contributed by atoms with van der Waals surface area (Å²) in [6, 6.07) is 5.29. The zero-order valence-electron chi connectivity index (χ0n) is 9.98. The summed E-state index contributed by atoms with van der Waals surface area (Å²) in [6.07, 6.45) is 2.76. The first-order valence-corrected chi connectivity index (χ1v) is 6.15. The number of anilines is 1. The molecule has 5 heteroatoms. The van der Waals surface area contributed by atoms with E-state index in [0.29, 0.717) is 0 Å². The molecule has 2 aliphatic rings. The Morgan fingerprint density at radius 3 is 2.89 bits per heavy atom. The van der Waals surface area contributed by atoms with Crippen molar-refractivity contribution in [3.05, 3.63) is 29.3 Å². The minimum absolute atomic E-state index is 0.111. The normalized spacial score (nSPS) is 22.9. The maximum atomic E-state index is 11.8. The fourth-order valence-corrected chi connectivity index (χ4v) is 2.83. The number of benzene rings is 1. The van der Waals surface area contributed by atoms with E-state index in [1.54, 1.807) is 0 Å². The third-order valence-corrected chi connectivity index (χ3v) is 3.64. The molecule has 1 aliphatic carbocycles. The van der Waals surface area contributed by atoms with Crippen molar-refractivity contribution in [3.8, 4) is 0 Å². The predicted octanol–water partition coefficient (Wildman–Crippen LogP) is 1.20. The molecule has 3 amide bonds. The lowest BCUT2D eigenvalue weighted by molar-refractivity contribution is -0.126. The summed E-state index contributed by atoms with van der Waals surface area (Å²) in [5, 5.41) is 2.57. The molecule has 1 aromatic carbocycles. The van der Waals surface area contributed by atoms with E-state index in [1.807, 2.05) is 18.2 Å². The number of nitrogen functional groups attached to an aromatic ring is 1. The van der Waals surface area contributed by atoms with Crippen molar-refractivity contribution in [1.82, 2.24) is 10.2 Å². The molecule has 0 spiro atoms. The van der Waals surface area contributed by atoms with Crippen LogP contribution < -0.4 is 11.1 Å². The molecular formula is C13H15N3O2. The van der Waals surface area contributed by atoms with Crippen molar-refractivity contribution in [1.29, 1.82) is 0 Å². The van der Waals surface area contributed by atoms with E-state index >= 15 is 0 Å². The summed E-state index contributed by atoms with van der Waals surface area (Å²) >= 11 is 0. The Balaban J connectivity index is 2.01. The van der Waals surface area contributed by atoms with Gasteiger partial charge >= 0.3 is 6.03 Å². The summed E-state index contributed by atoms with van der Waals surface area (Å²) in [7, 11) is 0. The summed E-state index contributed by atoms with van der Waals surface area (Å²) in [6.45, 7) is 0.111. The summed E-state index contributed by atoms with van der Waals surface area (Å²) in [4.78, 5) is 24.9. The highest BCUT2D eigenvalue weighted by Crippen LogP contribution is 2.36. The second-order valence-electron chi connectivity index (χ2n) is 4.79. The Hall–Kier alpha value is -2.04. The molecule has 3 N–H and O–H groups in total. The van der Waals surface area contributed by atoms with Gasteiger partial charge in [-0.2, -0.15) is 0 Å². The highest BCUT2D eigenvalue weighted by atomic mass is 16.2. The van der Waals surface area contributed by atoms with Gasteiger partial charge < -0.3 is 11.1 Å². The van der Waals surface area contributed by atoms with Crippen LogP contribution in [0.3, 0.4) is 0 Å². The monoisotopic (exact) mass is 245 g/mol. The van der Waals surface area contributed by atoms with Gasteiger partial charge in [-0.25, -0.2) is 4.79 Å². The number of aryl methyl sites for hydroxylation is 1. The largest absolute Gasteiger partial charge is 0.399 e. The fourth-order valence-electron chi connectivity index (χ4n) is 2.83. The quantitative estimate of drug-likeness (QED) is 0.576. The molecule has 0 saturated carbocycles. The fraction of sp³-hybridized carbons (Fsp3) is 0.385. The number of rotatable bonds is 1. The van der Waals surface area contributed by atoms with Gasteiger partial charge in [-0.1, -0.05) is 6.07 Å². The van der Waals surface area contributed by atoms with E-state index in [2.05, 4.69) is 5.32 Å². The second kappa shape index (κ2) is 4.01. The smallest absolute Gasteiger partial charge is 0.325 e. The lowest BCUT2D eigenvalue weighted by Gasteiger charge is -2.31. The molecule has 1 atom stereocenters. The molecule has 3 rings (SSSR count). The van der Waals surface area contributed by atoms with Gasteiger partial charge in [0.2, 0.25) is 0 Å². The van der Waals surface area contributed by atoms with E-state index in [0.717, 1.165) is 36.1 Å². The Labute approximate surface area is 105 Å². The molecule has 5 nitrogen and oxygen atoms in total. The number of carbonyl (C=O) groups excluding carboxylic acids is 2. The number of fused-ring (bicyclic) bond motifs is 1. The molecule has 1 heterocycles. The van der Waals surface area contributed by atoms with E-state index in [-0.39, 0.29) is 24.5 Å². The maximum absolute atomic E-state index is 11.8. The predicted molar refractivity (Wildman–Crippen MR) is 66.8 cm³/mol. The van der Waals surface area contributed by atoms with Crippen LogP contribution in [0.4, 0.5) is 10.5 Å². The SMILES string of the molecule is Nc1ccc2c(c1)CCCC2N1C(=O)CNC1=O. The first-order valence-electron chi connectivity index (χ1n) is 6.15. The van der Waals surface area contributed by atoms with Gasteiger partial charge in [0.1, 0.15) is 0 Å². The lowest BCUT2D eigenvalue weighted by atomic mass is 9.86. The van der Waals surface area contributed by atoms with Crippen molar-refractivity contribution < 1.29 is 9.59 Å². The average molecular weight is 245 g/mol. The van der Waals surface area contributed by atoms with Gasteiger partial charge in [0.25, 0.3) is 5.91 Å². The van der Waals surface area contributed by atoms with Gasteiger partial charge in [-0.05, 0) is 42.5 Å². The number of carbonyl (C=O) groups is 2. The Bertz CT molecular complexity index is 511. The minimum Gasteiger partial charge on any atom is -0.399 e. The molecule has 1 aliphatic heterocycles. The number of amides is 3. The van der Waals surface area contributed by atoms with E-state index in [1.165, 1.54) is 4.90 Å². The first-order chi connectivity index (χ1) is 8.66. The zero-order chi connectivity index (χ0) is 12.7. The number of hydrogen-bond acceptors (Lipinski definition) is 3. The molecule has 18 heavy (non-hydrogen) atoms. The van der Waals surface area contributed by atoms with Crippen LogP contribution >= 0.6 is 0 Å². The van der Waals surface area contributed by atoms with Crippen molar-refractivity contribution in [2.24, 2.45) is 0 Å². The topological polar surface area (TPSA) is 75.4 Å². The molecular weight excluding hydrogens is 230 g/mol. The standard InChI is InChI=1S/C13H15N3O2/c14-9-4-5-10-8(6-9)2-1-3-11(10)16-12(17)7-15-13(16)18/h4-6,11H,1-3,7,14H2,(H,15,18). The molecule has 0 radical (unpaired) electrons. The Kier molecular flexibility index (Phi) is 2.47. The third kappa shape index (κ3) is 1.63. The van der Waals surface area contributed by atoms with Crippen LogP contribution in [0.1, 0.15) is 30.0 Å². The van der Waals surface area contributed by atoms with Gasteiger partial charge in [0, 0.05) is 5.69 Å². The highest BCUT2D eigenvalue weighted by molar-refractivity contribution is 6.02. The van der Waals surface area contributed by atoms with E-state index < -0.39 is 0 Å². The highest BCUT2D eigenvalue weighted by Gasteiger charge is 2.37. The number of nitrogens with two attached hydrogens (primary N) is 1. The van der Waals surface area contributed by atoms with E-state index in [9.17, 15) is 9.59 Å². The number of urea groups is 1. The first kappa shape index (κ1) is 11.1. The Morgan fingerprint density at radius 1 is 1.33 bits per heavy atom. The second-order valence-corrected chi connectivity index (χ2v) is 4.79. The van der Waals surface area contributed by atoms with E-state index in [4.69, 9.17) is 5.73 Å². The number of nitrogens with zero attached hydrogens (tertiary/aromatic N) is 1. The van der Waals surface area contributed by atoms with Crippen LogP contribution in [0.2, 0.25) is 0 Å². The van der Waals surface area contributed by atoms with Gasteiger partial charge in [-0.3, -0.25) is 9.69 Å². The van der Waals surface area contributed by atoms with Gasteiger partial charge in [0.05, 0.1) is 12.6 Å². The number of imide groups is 1. The summed E-state index contributed by atoms with van der Waals surface area (Å²) in [5.74, 6) is -0.144. The Morgan fingerprint density at radius 2 is 2.17 bits per heavy atom. The maximum Gasteiger partial charge on any atom is 0.325 e. The van der Waals surface area contributed by atoms with Crippen LogP contribution in [-0.2, 0) is 11.2 Å². The van der Waals surface area contributed by atoms with Crippen molar-refractivity contribution in [3.63, 3.8) is 0 Å². The summed E-state index contributed by atoms with van der Waals surface area (Å²) in [5.41, 5.74) is 8.71. The van der Waals surface area contributed by atoms with Crippen LogP contribution in [-0.4, -0.2) is 23.4 Å². The van der Waals surface area contributed by atoms with Gasteiger partial charge in [0.15, 0.2) is 0 Å². The van der Waals surface area contributed by atoms with Crippen molar-refractivity contribution in [2.45, 2.75) is 25.3 Å². The summed E-state index contributed by atoms with van der Waals surface area (Å²) < 4.78 is 0.